The largest absolute Gasteiger partial charge is 0.508 e. The summed E-state index contributed by atoms with van der Waals surface area (Å²) >= 11 is 0. The van der Waals surface area contributed by atoms with Crippen LogP contribution in [-0.2, 0) is 0 Å². The van der Waals surface area contributed by atoms with Gasteiger partial charge in [0.2, 0.25) is 0 Å². The number of rotatable bonds is 5. The highest BCUT2D eigenvalue weighted by atomic mass is 19.2. The van der Waals surface area contributed by atoms with Crippen molar-refractivity contribution in [3.63, 3.8) is 0 Å². The van der Waals surface area contributed by atoms with Crippen molar-refractivity contribution in [2.24, 2.45) is 0 Å². The van der Waals surface area contributed by atoms with Gasteiger partial charge in [-0.05, 0) is 106 Å². The standard InChI is InChI=1S/C20H11F4NO.C19H9F4NO/c1-26-14-4-2-11(3-5-14)12-6-18(23)20(19(24)7-12)13-8-16(21)15(10-25)17(22)9-13;20-15-7-12(8-16(21)14(15)9-24)19-17(22)5-11(6-18(19)23)10-1-3-13(25)4-2-10/h2-9H,1H3;1-8,25H. The molecule has 51 heavy (non-hydrogen) atoms. The maximum atomic E-state index is 14.5. The minimum Gasteiger partial charge on any atom is -0.508 e. The lowest BCUT2D eigenvalue weighted by Crippen LogP contribution is -1.97. The molecule has 254 valence electrons. The number of phenols is 1. The Morgan fingerprint density at radius 1 is 0.431 bits per heavy atom. The van der Waals surface area contributed by atoms with Crippen LogP contribution in [0.5, 0.6) is 11.5 Å². The molecule has 0 radical (unpaired) electrons. The monoisotopic (exact) mass is 700 g/mol. The number of methoxy groups -OCH3 is 1. The van der Waals surface area contributed by atoms with E-state index in [1.807, 2.05) is 0 Å². The molecule has 1 N–H and O–H groups in total. The van der Waals surface area contributed by atoms with E-state index < -0.39 is 68.8 Å². The minimum atomic E-state index is -1.20. The van der Waals surface area contributed by atoms with E-state index >= 15 is 0 Å². The summed E-state index contributed by atoms with van der Waals surface area (Å²) in [7, 11) is 1.50. The van der Waals surface area contributed by atoms with E-state index in [1.165, 1.54) is 43.5 Å². The highest BCUT2D eigenvalue weighted by Crippen LogP contribution is 2.35. The Hall–Kier alpha value is -6.66. The zero-order chi connectivity index (χ0) is 37.0. The van der Waals surface area contributed by atoms with Crippen molar-refractivity contribution in [1.82, 2.24) is 0 Å². The maximum Gasteiger partial charge on any atom is 0.144 e. The van der Waals surface area contributed by atoms with Crippen molar-refractivity contribution in [3.05, 3.63) is 155 Å². The van der Waals surface area contributed by atoms with Crippen LogP contribution in [-0.4, -0.2) is 12.2 Å². The molecule has 0 unspecified atom stereocenters. The highest BCUT2D eigenvalue weighted by molar-refractivity contribution is 5.74. The van der Waals surface area contributed by atoms with E-state index in [1.54, 1.807) is 24.3 Å². The average molecular weight is 701 g/mol. The van der Waals surface area contributed by atoms with Crippen molar-refractivity contribution < 1.29 is 45.0 Å². The van der Waals surface area contributed by atoms with Crippen LogP contribution >= 0.6 is 0 Å². The van der Waals surface area contributed by atoms with Gasteiger partial charge in [-0.25, -0.2) is 35.1 Å². The van der Waals surface area contributed by atoms with Crippen molar-refractivity contribution >= 4 is 0 Å². The molecular formula is C39H20F8N2O2. The highest BCUT2D eigenvalue weighted by Gasteiger charge is 2.20. The van der Waals surface area contributed by atoms with Crippen molar-refractivity contribution in [1.29, 1.82) is 10.5 Å². The van der Waals surface area contributed by atoms with Gasteiger partial charge in [0.1, 0.15) is 81.3 Å². The fraction of sp³-hybridized carbons (Fsp3) is 0.0256. The molecule has 6 aromatic rings. The number of ether oxygens (including phenoxy) is 1. The molecule has 0 aliphatic rings. The van der Waals surface area contributed by atoms with E-state index in [9.17, 15) is 40.2 Å². The number of nitriles is 2. The van der Waals surface area contributed by atoms with Crippen LogP contribution in [0.15, 0.2) is 97.1 Å². The number of hydrogen-bond acceptors (Lipinski definition) is 4. The summed E-state index contributed by atoms with van der Waals surface area (Å²) in [5, 5.41) is 26.6. The predicted octanol–water partition coefficient (Wildman–Crippen LogP) is 10.6. The second-order valence-electron chi connectivity index (χ2n) is 10.8. The van der Waals surface area contributed by atoms with Crippen LogP contribution < -0.4 is 4.74 Å². The van der Waals surface area contributed by atoms with Crippen LogP contribution in [0.1, 0.15) is 11.1 Å². The Kier molecular flexibility index (Phi) is 10.4. The Balaban J connectivity index is 0.000000198. The second kappa shape index (κ2) is 14.8. The lowest BCUT2D eigenvalue weighted by atomic mass is 9.97. The van der Waals surface area contributed by atoms with E-state index in [4.69, 9.17) is 15.3 Å². The van der Waals surface area contributed by atoms with Crippen LogP contribution in [0.4, 0.5) is 35.1 Å². The van der Waals surface area contributed by atoms with Gasteiger partial charge < -0.3 is 9.84 Å². The smallest absolute Gasteiger partial charge is 0.144 e. The zero-order valence-electron chi connectivity index (χ0n) is 26.0. The number of benzene rings is 6. The van der Waals surface area contributed by atoms with Gasteiger partial charge in [0, 0.05) is 0 Å². The van der Waals surface area contributed by atoms with E-state index in [2.05, 4.69) is 0 Å². The molecule has 4 nitrogen and oxygen atoms in total. The van der Waals surface area contributed by atoms with Crippen molar-refractivity contribution in [3.8, 4) is 68.1 Å². The summed E-state index contributed by atoms with van der Waals surface area (Å²) in [4.78, 5) is 0. The van der Waals surface area contributed by atoms with Gasteiger partial charge >= 0.3 is 0 Å². The molecule has 0 aromatic heterocycles. The molecule has 0 amide bonds. The molecule has 6 aromatic carbocycles. The third-order valence-electron chi connectivity index (χ3n) is 7.59. The first-order valence-electron chi connectivity index (χ1n) is 14.6. The van der Waals surface area contributed by atoms with Crippen molar-refractivity contribution in [2.75, 3.05) is 7.11 Å². The van der Waals surface area contributed by atoms with E-state index in [0.717, 1.165) is 36.4 Å². The quantitative estimate of drug-likeness (QED) is 0.182. The molecule has 0 bridgehead atoms. The Morgan fingerprint density at radius 3 is 1.02 bits per heavy atom. The first-order chi connectivity index (χ1) is 24.3. The topological polar surface area (TPSA) is 77.0 Å². The molecule has 0 aliphatic carbocycles. The van der Waals surface area contributed by atoms with Gasteiger partial charge in [0.25, 0.3) is 0 Å². The predicted molar refractivity (Wildman–Crippen MR) is 172 cm³/mol. The molecule has 0 aliphatic heterocycles. The number of aromatic hydroxyl groups is 1. The van der Waals surface area contributed by atoms with Gasteiger partial charge in [-0.15, -0.1) is 0 Å². The Morgan fingerprint density at radius 2 is 0.725 bits per heavy atom. The van der Waals surface area contributed by atoms with Gasteiger partial charge in [0.05, 0.1) is 18.2 Å². The Labute approximate surface area is 285 Å². The van der Waals surface area contributed by atoms with E-state index in [0.29, 0.717) is 29.0 Å². The summed E-state index contributed by atoms with van der Waals surface area (Å²) in [5.41, 5.74) is -1.97. The van der Waals surface area contributed by atoms with Gasteiger partial charge in [0.15, 0.2) is 0 Å². The third kappa shape index (κ3) is 7.51. The molecule has 0 heterocycles. The number of halogens is 8. The normalized spacial score (nSPS) is 10.5. The fourth-order valence-electron chi connectivity index (χ4n) is 5.12. The van der Waals surface area contributed by atoms with Crippen LogP contribution in [0, 0.1) is 69.2 Å². The zero-order valence-corrected chi connectivity index (χ0v) is 26.0. The first kappa shape index (κ1) is 35.6. The maximum absolute atomic E-state index is 14.5. The number of nitrogens with zero attached hydrogens (tertiary/aromatic N) is 2. The fourth-order valence-corrected chi connectivity index (χ4v) is 5.12. The molecular weight excluding hydrogens is 680 g/mol. The third-order valence-corrected chi connectivity index (χ3v) is 7.59. The lowest BCUT2D eigenvalue weighted by Gasteiger charge is -2.10. The molecule has 0 saturated heterocycles. The molecule has 0 atom stereocenters. The van der Waals surface area contributed by atoms with Crippen LogP contribution in [0.25, 0.3) is 44.5 Å². The molecule has 6 rings (SSSR count). The first-order valence-corrected chi connectivity index (χ1v) is 14.6. The summed E-state index contributed by atoms with van der Waals surface area (Å²) < 4.78 is 118. The van der Waals surface area contributed by atoms with Gasteiger partial charge in [-0.2, -0.15) is 10.5 Å². The summed E-state index contributed by atoms with van der Waals surface area (Å²) in [6.45, 7) is 0. The lowest BCUT2D eigenvalue weighted by molar-refractivity contribution is 0.415. The molecule has 0 spiro atoms. The van der Waals surface area contributed by atoms with Crippen molar-refractivity contribution in [2.45, 2.75) is 0 Å². The average Bonchev–Trinajstić information content (AvgIpc) is 3.08. The number of phenolic OH excluding ortho intramolecular Hbond substituents is 1. The summed E-state index contributed by atoms with van der Waals surface area (Å²) in [6.07, 6.45) is 0. The van der Waals surface area contributed by atoms with Crippen LogP contribution in [0.2, 0.25) is 0 Å². The van der Waals surface area contributed by atoms with E-state index in [-0.39, 0.29) is 28.0 Å². The summed E-state index contributed by atoms with van der Waals surface area (Å²) in [5.74, 6) is -8.12. The second-order valence-corrected chi connectivity index (χ2v) is 10.8. The minimum absolute atomic E-state index is 0.00449. The van der Waals surface area contributed by atoms with Crippen LogP contribution in [0.3, 0.4) is 0 Å². The Bertz CT molecular complexity index is 2270. The molecule has 0 saturated carbocycles. The summed E-state index contributed by atoms with van der Waals surface area (Å²) in [6, 6.07) is 22.0. The van der Waals surface area contributed by atoms with Gasteiger partial charge in [-0.1, -0.05) is 24.3 Å². The molecule has 12 heteroatoms. The molecule has 0 fully saturated rings. The number of hydrogen-bond donors (Lipinski definition) is 1. The van der Waals surface area contributed by atoms with Gasteiger partial charge in [-0.3, -0.25) is 0 Å². The SMILES string of the molecule is COc1ccc(-c2cc(F)c(-c3cc(F)c(C#N)c(F)c3)c(F)c2)cc1.N#Cc1c(F)cc(-c2c(F)cc(-c3ccc(O)cc3)cc2F)cc1F.